The summed E-state index contributed by atoms with van der Waals surface area (Å²) >= 11 is 5.88. The molecule has 0 fully saturated rings. The smallest absolute Gasteiger partial charge is 0.243 e. The normalized spacial score (nSPS) is 12.7. The van der Waals surface area contributed by atoms with Crippen LogP contribution in [0.3, 0.4) is 0 Å². The van der Waals surface area contributed by atoms with Crippen molar-refractivity contribution in [3.63, 3.8) is 0 Å². The third kappa shape index (κ3) is 2.59. The van der Waals surface area contributed by atoms with Crippen molar-refractivity contribution in [2.75, 3.05) is 0 Å². The van der Waals surface area contributed by atoms with E-state index in [9.17, 15) is 0 Å². The van der Waals surface area contributed by atoms with Gasteiger partial charge in [-0.1, -0.05) is 28.9 Å². The third-order valence-corrected chi connectivity index (χ3v) is 2.36. The molecule has 5 heteroatoms. The van der Waals surface area contributed by atoms with Gasteiger partial charge in [0.1, 0.15) is 0 Å². The number of nitrogens with two attached hydrogens (primary N) is 1. The van der Waals surface area contributed by atoms with Crippen LogP contribution in [0.15, 0.2) is 28.8 Å². The molecule has 0 radical (unpaired) electrons. The lowest BCUT2D eigenvalue weighted by Gasteiger charge is -1.97. The lowest BCUT2D eigenvalue weighted by molar-refractivity contribution is 0.358. The first kappa shape index (κ1) is 11.1. The molecule has 2 N–H and O–H groups in total. The minimum Gasteiger partial charge on any atom is -0.338 e. The zero-order valence-corrected chi connectivity index (χ0v) is 9.61. The summed E-state index contributed by atoms with van der Waals surface area (Å²) in [6, 6.07) is 7.33. The van der Waals surface area contributed by atoms with Crippen LogP contribution >= 0.6 is 11.6 Å². The molecule has 0 spiro atoms. The fourth-order valence-electron chi connectivity index (χ4n) is 1.35. The highest BCUT2D eigenvalue weighted by atomic mass is 35.5. The van der Waals surface area contributed by atoms with E-state index in [-0.39, 0.29) is 6.04 Å². The highest BCUT2D eigenvalue weighted by molar-refractivity contribution is 6.30. The maximum atomic E-state index is 5.88. The maximum absolute atomic E-state index is 5.88. The first-order valence-electron chi connectivity index (χ1n) is 4.97. The standard InChI is InChI=1S/C11H12ClN3O/c1-7(13)11-14-10(15-16-11)6-8-3-2-4-9(12)5-8/h2-5,7H,6,13H2,1H3. The molecule has 0 aliphatic carbocycles. The van der Waals surface area contributed by atoms with Crippen LogP contribution in [-0.2, 0) is 6.42 Å². The molecule has 0 aliphatic heterocycles. The summed E-state index contributed by atoms with van der Waals surface area (Å²) in [5.74, 6) is 1.08. The van der Waals surface area contributed by atoms with Gasteiger partial charge < -0.3 is 10.3 Å². The van der Waals surface area contributed by atoms with Crippen LogP contribution in [0, 0.1) is 0 Å². The maximum Gasteiger partial charge on any atom is 0.243 e. The first-order chi connectivity index (χ1) is 7.65. The number of aromatic nitrogens is 2. The SMILES string of the molecule is CC(N)c1nc(Cc2cccc(Cl)c2)no1. The van der Waals surface area contributed by atoms with Crippen LogP contribution in [0.2, 0.25) is 5.02 Å². The molecule has 4 nitrogen and oxygen atoms in total. The number of hydrogen-bond acceptors (Lipinski definition) is 4. The fraction of sp³-hybridized carbons (Fsp3) is 0.273. The largest absolute Gasteiger partial charge is 0.338 e. The quantitative estimate of drug-likeness (QED) is 0.890. The molecule has 1 aromatic carbocycles. The van der Waals surface area contributed by atoms with E-state index in [1.807, 2.05) is 24.3 Å². The number of hydrogen-bond donors (Lipinski definition) is 1. The Morgan fingerprint density at radius 1 is 1.50 bits per heavy atom. The van der Waals surface area contributed by atoms with Crippen molar-refractivity contribution in [2.45, 2.75) is 19.4 Å². The van der Waals surface area contributed by atoms with Gasteiger partial charge >= 0.3 is 0 Å². The predicted molar refractivity (Wildman–Crippen MR) is 61.2 cm³/mol. The van der Waals surface area contributed by atoms with Crippen molar-refractivity contribution in [2.24, 2.45) is 5.73 Å². The Hall–Kier alpha value is -1.39. The van der Waals surface area contributed by atoms with Crippen LogP contribution < -0.4 is 5.73 Å². The third-order valence-electron chi connectivity index (χ3n) is 2.12. The molecule has 2 rings (SSSR count). The zero-order chi connectivity index (χ0) is 11.5. The molecule has 1 aromatic heterocycles. The van der Waals surface area contributed by atoms with Gasteiger partial charge in [0.2, 0.25) is 5.89 Å². The minimum absolute atomic E-state index is 0.236. The lowest BCUT2D eigenvalue weighted by atomic mass is 10.1. The average molecular weight is 238 g/mol. The zero-order valence-electron chi connectivity index (χ0n) is 8.85. The van der Waals surface area contributed by atoms with Gasteiger partial charge in [-0.2, -0.15) is 4.98 Å². The molecule has 0 saturated carbocycles. The lowest BCUT2D eigenvalue weighted by Crippen LogP contribution is -2.05. The highest BCUT2D eigenvalue weighted by Crippen LogP contribution is 2.14. The molecule has 1 heterocycles. The van der Waals surface area contributed by atoms with E-state index in [1.54, 1.807) is 6.92 Å². The number of benzene rings is 1. The monoisotopic (exact) mass is 237 g/mol. The molecule has 84 valence electrons. The van der Waals surface area contributed by atoms with Gasteiger partial charge in [-0.3, -0.25) is 0 Å². The number of nitrogens with zero attached hydrogens (tertiary/aromatic N) is 2. The van der Waals surface area contributed by atoms with Crippen LogP contribution in [0.5, 0.6) is 0 Å². The Balaban J connectivity index is 2.14. The van der Waals surface area contributed by atoms with Gasteiger partial charge in [-0.25, -0.2) is 0 Å². The van der Waals surface area contributed by atoms with Gasteiger partial charge in [0.25, 0.3) is 0 Å². The van der Waals surface area contributed by atoms with Gasteiger partial charge in [0, 0.05) is 11.4 Å². The molecule has 1 atom stereocenters. The van der Waals surface area contributed by atoms with Crippen molar-refractivity contribution in [1.29, 1.82) is 0 Å². The van der Waals surface area contributed by atoms with Gasteiger partial charge in [0.15, 0.2) is 5.82 Å². The Kier molecular flexibility index (Phi) is 3.22. The minimum atomic E-state index is -0.236. The molecule has 0 amide bonds. The molecular weight excluding hydrogens is 226 g/mol. The summed E-state index contributed by atoms with van der Waals surface area (Å²) in [6.07, 6.45) is 0.594. The van der Waals surface area contributed by atoms with Gasteiger partial charge in [-0.15, -0.1) is 0 Å². The second-order valence-electron chi connectivity index (χ2n) is 3.64. The van der Waals surface area contributed by atoms with Crippen molar-refractivity contribution in [1.82, 2.24) is 10.1 Å². The van der Waals surface area contributed by atoms with E-state index < -0.39 is 0 Å². The summed E-state index contributed by atoms with van der Waals surface area (Å²) in [7, 11) is 0. The van der Waals surface area contributed by atoms with E-state index in [1.165, 1.54) is 0 Å². The van der Waals surface area contributed by atoms with Crippen LogP contribution in [0.25, 0.3) is 0 Å². The fourth-order valence-corrected chi connectivity index (χ4v) is 1.57. The Morgan fingerprint density at radius 3 is 2.94 bits per heavy atom. The molecule has 0 aliphatic rings. The molecule has 2 aromatic rings. The average Bonchev–Trinajstić information content (AvgIpc) is 2.66. The Bertz CT molecular complexity index is 482. The van der Waals surface area contributed by atoms with E-state index >= 15 is 0 Å². The van der Waals surface area contributed by atoms with E-state index in [4.69, 9.17) is 21.9 Å². The van der Waals surface area contributed by atoms with Gasteiger partial charge in [-0.05, 0) is 24.6 Å². The van der Waals surface area contributed by atoms with E-state index in [0.29, 0.717) is 23.2 Å². The molecule has 16 heavy (non-hydrogen) atoms. The van der Waals surface area contributed by atoms with Crippen LogP contribution in [-0.4, -0.2) is 10.1 Å². The Morgan fingerprint density at radius 2 is 2.31 bits per heavy atom. The molecular formula is C11H12ClN3O. The summed E-state index contributed by atoms with van der Waals surface area (Å²) in [5, 5.41) is 4.56. The first-order valence-corrected chi connectivity index (χ1v) is 5.35. The van der Waals surface area contributed by atoms with Crippen molar-refractivity contribution in [3.8, 4) is 0 Å². The molecule has 0 bridgehead atoms. The second kappa shape index (κ2) is 4.63. The summed E-state index contributed by atoms with van der Waals surface area (Å²) in [5.41, 5.74) is 6.67. The number of halogens is 1. The summed E-state index contributed by atoms with van der Waals surface area (Å²) in [4.78, 5) is 4.19. The molecule has 1 unspecified atom stereocenters. The van der Waals surface area contributed by atoms with Crippen LogP contribution in [0.1, 0.15) is 30.2 Å². The van der Waals surface area contributed by atoms with Crippen molar-refractivity contribution >= 4 is 11.6 Å². The van der Waals surface area contributed by atoms with E-state index in [2.05, 4.69) is 10.1 Å². The predicted octanol–water partition coefficient (Wildman–Crippen LogP) is 2.33. The van der Waals surface area contributed by atoms with Gasteiger partial charge in [0.05, 0.1) is 6.04 Å². The second-order valence-corrected chi connectivity index (χ2v) is 4.08. The summed E-state index contributed by atoms with van der Waals surface area (Å²) in [6.45, 7) is 1.80. The topological polar surface area (TPSA) is 64.9 Å². The van der Waals surface area contributed by atoms with Crippen LogP contribution in [0.4, 0.5) is 0 Å². The molecule has 0 saturated heterocycles. The van der Waals surface area contributed by atoms with Crippen molar-refractivity contribution in [3.05, 3.63) is 46.6 Å². The van der Waals surface area contributed by atoms with Crippen molar-refractivity contribution < 1.29 is 4.52 Å². The van der Waals surface area contributed by atoms with E-state index in [0.717, 1.165) is 5.56 Å². The highest BCUT2D eigenvalue weighted by Gasteiger charge is 2.10. The Labute approximate surface area is 98.4 Å². The summed E-state index contributed by atoms with van der Waals surface area (Å²) < 4.78 is 5.01. The number of rotatable bonds is 3.